The molecule has 0 radical (unpaired) electrons. The van der Waals surface area contributed by atoms with Gasteiger partial charge in [-0.3, -0.25) is 28.8 Å². The second-order valence-corrected chi connectivity index (χ2v) is 6.08. The maximum atomic E-state index is 12.6. The Hall–Kier alpha value is -3.23. The molecular weight excluding hydrogens is 328 g/mol. The monoisotopic (exact) mass is 344 g/mol. The van der Waals surface area contributed by atoms with E-state index < -0.39 is 22.1 Å². The number of amides is 1. The third kappa shape index (κ3) is 2.53. The number of carbonyl (C=O) groups is 1. The summed E-state index contributed by atoms with van der Waals surface area (Å²) in [6.45, 7) is 1.62. The van der Waals surface area contributed by atoms with Crippen LogP contribution < -0.4 is 16.6 Å². The first-order valence-corrected chi connectivity index (χ1v) is 7.57. The lowest BCUT2D eigenvalue weighted by atomic mass is 9.86. The van der Waals surface area contributed by atoms with E-state index in [1.807, 2.05) is 0 Å². The van der Waals surface area contributed by atoms with Gasteiger partial charge in [-0.05, 0) is 12.5 Å². The van der Waals surface area contributed by atoms with Crippen molar-refractivity contribution in [3.63, 3.8) is 0 Å². The number of hydrogen-bond donors (Lipinski definition) is 1. The summed E-state index contributed by atoms with van der Waals surface area (Å²) in [4.78, 5) is 47.5. The quantitative estimate of drug-likeness (QED) is 0.638. The molecule has 2 aromatic rings. The summed E-state index contributed by atoms with van der Waals surface area (Å²) in [5.41, 5.74) is 0.0756. The minimum absolute atomic E-state index is 0.0271. The third-order valence-corrected chi connectivity index (χ3v) is 4.53. The Balaban J connectivity index is 2.30. The van der Waals surface area contributed by atoms with Crippen LogP contribution in [0.2, 0.25) is 0 Å². The predicted octanol–water partition coefficient (Wildman–Crippen LogP) is 0.775. The first-order valence-electron chi connectivity index (χ1n) is 7.57. The van der Waals surface area contributed by atoms with E-state index >= 15 is 0 Å². The number of rotatable bonds is 2. The van der Waals surface area contributed by atoms with Gasteiger partial charge >= 0.3 is 5.69 Å². The molecule has 1 unspecified atom stereocenters. The van der Waals surface area contributed by atoms with Gasteiger partial charge in [0.05, 0.1) is 10.5 Å². The fourth-order valence-electron chi connectivity index (χ4n) is 3.13. The standard InChI is InChI=1S/C16H16N4O5/c1-8-4-5-9(6-11(8)20(24)25)10-7-12(21)17-14-13(10)15(22)19(3)16(23)18(14)2/h4-6,10H,7H2,1-3H3,(H,17,21). The van der Waals surface area contributed by atoms with Crippen molar-refractivity contribution >= 4 is 17.4 Å². The Morgan fingerprint density at radius 1 is 1.20 bits per heavy atom. The SMILES string of the molecule is Cc1ccc(C2CC(=O)Nc3c2c(=O)n(C)c(=O)n3C)cc1[N+](=O)[O-]. The highest BCUT2D eigenvalue weighted by atomic mass is 16.6. The molecule has 1 amide bonds. The number of anilines is 1. The summed E-state index contributed by atoms with van der Waals surface area (Å²) in [6, 6.07) is 4.64. The number of aromatic nitrogens is 2. The van der Waals surface area contributed by atoms with Crippen molar-refractivity contribution in [1.29, 1.82) is 0 Å². The number of nitrogens with zero attached hydrogens (tertiary/aromatic N) is 3. The summed E-state index contributed by atoms with van der Waals surface area (Å²) in [5, 5.41) is 13.8. The van der Waals surface area contributed by atoms with Crippen LogP contribution in [0, 0.1) is 17.0 Å². The number of carbonyl (C=O) groups excluding carboxylic acids is 1. The topological polar surface area (TPSA) is 116 Å². The van der Waals surface area contributed by atoms with Gasteiger partial charge in [0.15, 0.2) is 0 Å². The van der Waals surface area contributed by atoms with E-state index in [9.17, 15) is 24.5 Å². The van der Waals surface area contributed by atoms with E-state index in [1.54, 1.807) is 19.1 Å². The van der Waals surface area contributed by atoms with Crippen LogP contribution in [-0.4, -0.2) is 20.0 Å². The zero-order valence-electron chi connectivity index (χ0n) is 13.9. The fraction of sp³-hybridized carbons (Fsp3) is 0.312. The highest BCUT2D eigenvalue weighted by molar-refractivity contribution is 5.94. The molecule has 1 aliphatic rings. The van der Waals surface area contributed by atoms with Crippen molar-refractivity contribution in [3.05, 3.63) is 65.8 Å². The van der Waals surface area contributed by atoms with Gasteiger partial charge in [-0.15, -0.1) is 0 Å². The van der Waals surface area contributed by atoms with Crippen LogP contribution in [0.5, 0.6) is 0 Å². The number of hydrogen-bond acceptors (Lipinski definition) is 5. The van der Waals surface area contributed by atoms with Crippen LogP contribution >= 0.6 is 0 Å². The van der Waals surface area contributed by atoms with E-state index in [-0.39, 0.29) is 29.4 Å². The normalized spacial score (nSPS) is 16.3. The Bertz CT molecular complexity index is 1030. The van der Waals surface area contributed by atoms with Gasteiger partial charge in [0.25, 0.3) is 11.2 Å². The number of nitrogens with one attached hydrogen (secondary N) is 1. The lowest BCUT2D eigenvalue weighted by molar-refractivity contribution is -0.385. The molecule has 9 heteroatoms. The van der Waals surface area contributed by atoms with Crippen LogP contribution in [0.4, 0.5) is 11.5 Å². The predicted molar refractivity (Wildman–Crippen MR) is 89.8 cm³/mol. The maximum Gasteiger partial charge on any atom is 0.332 e. The Morgan fingerprint density at radius 2 is 1.88 bits per heavy atom. The number of nitro benzene ring substituents is 1. The van der Waals surface area contributed by atoms with E-state index in [1.165, 1.54) is 24.7 Å². The van der Waals surface area contributed by atoms with Crippen molar-refractivity contribution in [3.8, 4) is 0 Å². The molecule has 25 heavy (non-hydrogen) atoms. The molecule has 1 aromatic carbocycles. The first-order chi connectivity index (χ1) is 11.7. The highest BCUT2D eigenvalue weighted by Gasteiger charge is 2.33. The minimum Gasteiger partial charge on any atom is -0.312 e. The van der Waals surface area contributed by atoms with Crippen molar-refractivity contribution in [1.82, 2.24) is 9.13 Å². The molecule has 0 spiro atoms. The molecule has 1 aromatic heterocycles. The average molecular weight is 344 g/mol. The third-order valence-electron chi connectivity index (χ3n) is 4.53. The van der Waals surface area contributed by atoms with Gasteiger partial charge in [0.1, 0.15) is 5.82 Å². The molecule has 0 fully saturated rings. The van der Waals surface area contributed by atoms with Crippen LogP contribution in [0.15, 0.2) is 27.8 Å². The molecule has 1 atom stereocenters. The van der Waals surface area contributed by atoms with Crippen molar-refractivity contribution in [2.45, 2.75) is 19.3 Å². The van der Waals surface area contributed by atoms with Gasteiger partial charge < -0.3 is 5.32 Å². The van der Waals surface area contributed by atoms with E-state index in [2.05, 4.69) is 5.32 Å². The summed E-state index contributed by atoms with van der Waals surface area (Å²) < 4.78 is 2.16. The molecule has 1 N–H and O–H groups in total. The van der Waals surface area contributed by atoms with Crippen molar-refractivity contribution < 1.29 is 9.72 Å². The number of nitro groups is 1. The van der Waals surface area contributed by atoms with Gasteiger partial charge in [0, 0.05) is 38.1 Å². The Kier molecular flexibility index (Phi) is 3.78. The van der Waals surface area contributed by atoms with Crippen LogP contribution in [0.25, 0.3) is 0 Å². The summed E-state index contributed by atoms with van der Waals surface area (Å²) in [5.74, 6) is -0.880. The van der Waals surface area contributed by atoms with Gasteiger partial charge in [-0.25, -0.2) is 4.79 Å². The Morgan fingerprint density at radius 3 is 2.52 bits per heavy atom. The number of aryl methyl sites for hydroxylation is 1. The van der Waals surface area contributed by atoms with Crippen LogP contribution in [-0.2, 0) is 18.9 Å². The second kappa shape index (κ2) is 5.69. The van der Waals surface area contributed by atoms with E-state index in [0.717, 1.165) is 4.57 Å². The molecule has 0 saturated carbocycles. The summed E-state index contributed by atoms with van der Waals surface area (Å²) in [6.07, 6.45) is -0.0271. The van der Waals surface area contributed by atoms with Gasteiger partial charge in [-0.2, -0.15) is 0 Å². The molecule has 0 saturated heterocycles. The molecule has 3 rings (SSSR count). The zero-order valence-corrected chi connectivity index (χ0v) is 13.9. The second-order valence-electron chi connectivity index (χ2n) is 6.08. The smallest absolute Gasteiger partial charge is 0.312 e. The highest BCUT2D eigenvalue weighted by Crippen LogP contribution is 2.35. The number of fused-ring (bicyclic) bond motifs is 1. The van der Waals surface area contributed by atoms with Crippen molar-refractivity contribution in [2.75, 3.05) is 5.32 Å². The molecule has 0 aliphatic carbocycles. The van der Waals surface area contributed by atoms with Crippen molar-refractivity contribution in [2.24, 2.45) is 14.1 Å². The molecule has 1 aliphatic heterocycles. The largest absolute Gasteiger partial charge is 0.332 e. The van der Waals surface area contributed by atoms with Gasteiger partial charge in [-0.1, -0.05) is 12.1 Å². The Labute approximate surface area is 141 Å². The fourth-order valence-corrected chi connectivity index (χ4v) is 3.13. The summed E-state index contributed by atoms with van der Waals surface area (Å²) >= 11 is 0. The van der Waals surface area contributed by atoms with E-state index in [4.69, 9.17) is 0 Å². The van der Waals surface area contributed by atoms with E-state index in [0.29, 0.717) is 11.1 Å². The lowest BCUT2D eigenvalue weighted by Crippen LogP contribution is -2.44. The molecule has 130 valence electrons. The van der Waals surface area contributed by atoms with Crippen LogP contribution in [0.3, 0.4) is 0 Å². The lowest BCUT2D eigenvalue weighted by Gasteiger charge is -2.27. The molecule has 0 bridgehead atoms. The first kappa shape index (κ1) is 16.6. The number of benzene rings is 1. The minimum atomic E-state index is -0.659. The summed E-state index contributed by atoms with van der Waals surface area (Å²) in [7, 11) is 2.82. The average Bonchev–Trinajstić information content (AvgIpc) is 2.57. The van der Waals surface area contributed by atoms with Crippen LogP contribution in [0.1, 0.15) is 29.0 Å². The molecular formula is C16H16N4O5. The zero-order chi connectivity index (χ0) is 18.5. The van der Waals surface area contributed by atoms with Gasteiger partial charge in [0.2, 0.25) is 5.91 Å². The maximum absolute atomic E-state index is 12.6. The molecule has 9 nitrogen and oxygen atoms in total. The molecule has 2 heterocycles.